The Morgan fingerprint density at radius 3 is 2.62 bits per heavy atom. The van der Waals surface area contributed by atoms with Crippen LogP contribution in [0.1, 0.15) is 32.3 Å². The van der Waals surface area contributed by atoms with E-state index in [1.165, 1.54) is 4.90 Å². The van der Waals surface area contributed by atoms with Crippen LogP contribution in [0.15, 0.2) is 30.3 Å². The summed E-state index contributed by atoms with van der Waals surface area (Å²) in [6.07, 6.45) is -0.171. The van der Waals surface area contributed by atoms with E-state index >= 15 is 0 Å². The third kappa shape index (κ3) is 4.26. The van der Waals surface area contributed by atoms with E-state index in [-0.39, 0.29) is 12.5 Å². The third-order valence-corrected chi connectivity index (χ3v) is 4.25. The SMILES string of the molecule is CCCN(CC)C(=O)[C@@H]1C(O)CCN1C(=O)OCc1ccccc1. The van der Waals surface area contributed by atoms with Crippen LogP contribution in [-0.4, -0.2) is 58.7 Å². The van der Waals surface area contributed by atoms with Crippen molar-refractivity contribution in [2.75, 3.05) is 19.6 Å². The molecule has 0 spiro atoms. The molecule has 0 radical (unpaired) electrons. The molecular formula is C18H26N2O4. The number of rotatable bonds is 6. The van der Waals surface area contributed by atoms with Gasteiger partial charge in [-0.15, -0.1) is 0 Å². The second-order valence-electron chi connectivity index (χ2n) is 5.95. The van der Waals surface area contributed by atoms with Gasteiger partial charge < -0.3 is 14.7 Å². The van der Waals surface area contributed by atoms with Crippen LogP contribution in [0.4, 0.5) is 4.79 Å². The molecule has 2 rings (SSSR count). The van der Waals surface area contributed by atoms with E-state index in [0.29, 0.717) is 26.1 Å². The second-order valence-corrected chi connectivity index (χ2v) is 5.95. The molecule has 1 aliphatic rings. The maximum atomic E-state index is 12.7. The van der Waals surface area contributed by atoms with Crippen molar-refractivity contribution < 1.29 is 19.4 Å². The number of ether oxygens (including phenoxy) is 1. The highest BCUT2D eigenvalue weighted by atomic mass is 16.6. The lowest BCUT2D eigenvalue weighted by Gasteiger charge is -2.30. The van der Waals surface area contributed by atoms with E-state index in [1.807, 2.05) is 44.2 Å². The van der Waals surface area contributed by atoms with Crippen LogP contribution < -0.4 is 0 Å². The largest absolute Gasteiger partial charge is 0.445 e. The molecular weight excluding hydrogens is 308 g/mol. The van der Waals surface area contributed by atoms with Crippen molar-refractivity contribution in [1.29, 1.82) is 0 Å². The highest BCUT2D eigenvalue weighted by molar-refractivity contribution is 5.87. The lowest BCUT2D eigenvalue weighted by molar-refractivity contribution is -0.138. The molecule has 2 atom stereocenters. The third-order valence-electron chi connectivity index (χ3n) is 4.25. The smallest absolute Gasteiger partial charge is 0.410 e. The predicted molar refractivity (Wildman–Crippen MR) is 90.3 cm³/mol. The van der Waals surface area contributed by atoms with Gasteiger partial charge in [0.1, 0.15) is 12.6 Å². The van der Waals surface area contributed by atoms with Crippen LogP contribution in [-0.2, 0) is 16.1 Å². The van der Waals surface area contributed by atoms with Gasteiger partial charge in [-0.1, -0.05) is 37.3 Å². The maximum absolute atomic E-state index is 12.7. The summed E-state index contributed by atoms with van der Waals surface area (Å²) in [5, 5.41) is 10.2. The number of carbonyl (C=O) groups excluding carboxylic acids is 2. The fourth-order valence-electron chi connectivity index (χ4n) is 2.96. The van der Waals surface area contributed by atoms with Gasteiger partial charge in [0.25, 0.3) is 0 Å². The van der Waals surface area contributed by atoms with Crippen molar-refractivity contribution >= 4 is 12.0 Å². The monoisotopic (exact) mass is 334 g/mol. The number of aliphatic hydroxyl groups excluding tert-OH is 1. The van der Waals surface area contributed by atoms with E-state index in [2.05, 4.69) is 0 Å². The fourth-order valence-corrected chi connectivity index (χ4v) is 2.96. The average molecular weight is 334 g/mol. The van der Waals surface area contributed by atoms with Crippen LogP contribution in [0.3, 0.4) is 0 Å². The Morgan fingerprint density at radius 2 is 2.00 bits per heavy atom. The van der Waals surface area contributed by atoms with Gasteiger partial charge in [0.15, 0.2) is 0 Å². The van der Waals surface area contributed by atoms with E-state index in [0.717, 1.165) is 12.0 Å². The highest BCUT2D eigenvalue weighted by Crippen LogP contribution is 2.22. The summed E-state index contributed by atoms with van der Waals surface area (Å²) in [4.78, 5) is 28.1. The predicted octanol–water partition coefficient (Wildman–Crippen LogP) is 2.02. The van der Waals surface area contributed by atoms with Crippen molar-refractivity contribution in [3.05, 3.63) is 35.9 Å². The van der Waals surface area contributed by atoms with Crippen LogP contribution in [0.5, 0.6) is 0 Å². The number of likely N-dealkylation sites (tertiary alicyclic amines) is 1. The van der Waals surface area contributed by atoms with E-state index < -0.39 is 18.2 Å². The molecule has 1 N–H and O–H groups in total. The number of hydrogen-bond acceptors (Lipinski definition) is 4. The molecule has 6 heteroatoms. The van der Waals surface area contributed by atoms with Gasteiger partial charge in [0, 0.05) is 19.6 Å². The van der Waals surface area contributed by atoms with Crippen molar-refractivity contribution in [2.45, 2.75) is 45.4 Å². The Morgan fingerprint density at radius 1 is 1.29 bits per heavy atom. The number of amides is 2. The minimum atomic E-state index is -0.847. The lowest BCUT2D eigenvalue weighted by atomic mass is 10.1. The Bertz CT molecular complexity index is 549. The normalized spacial score (nSPS) is 20.0. The highest BCUT2D eigenvalue weighted by Gasteiger charge is 2.43. The number of aliphatic hydroxyl groups is 1. The van der Waals surface area contributed by atoms with Gasteiger partial charge in [-0.25, -0.2) is 4.79 Å². The Balaban J connectivity index is 2.01. The van der Waals surface area contributed by atoms with Crippen LogP contribution in [0.2, 0.25) is 0 Å². The average Bonchev–Trinajstić information content (AvgIpc) is 2.99. The first-order valence-corrected chi connectivity index (χ1v) is 8.52. The number of nitrogens with zero attached hydrogens (tertiary/aromatic N) is 2. The molecule has 1 aliphatic heterocycles. The lowest BCUT2D eigenvalue weighted by Crippen LogP contribution is -2.51. The van der Waals surface area contributed by atoms with Crippen LogP contribution in [0, 0.1) is 0 Å². The zero-order valence-corrected chi connectivity index (χ0v) is 14.4. The zero-order valence-electron chi connectivity index (χ0n) is 14.4. The van der Waals surface area contributed by atoms with Gasteiger partial charge in [0.2, 0.25) is 5.91 Å². The first-order chi connectivity index (χ1) is 11.6. The van der Waals surface area contributed by atoms with E-state index in [9.17, 15) is 14.7 Å². The molecule has 132 valence electrons. The molecule has 0 aromatic heterocycles. The zero-order chi connectivity index (χ0) is 17.5. The molecule has 1 fully saturated rings. The first kappa shape index (κ1) is 18.3. The molecule has 1 unspecified atom stereocenters. The van der Waals surface area contributed by atoms with Crippen molar-refractivity contribution in [1.82, 2.24) is 9.80 Å². The minimum absolute atomic E-state index is 0.152. The number of hydrogen-bond donors (Lipinski definition) is 1. The molecule has 6 nitrogen and oxygen atoms in total. The van der Waals surface area contributed by atoms with Crippen molar-refractivity contribution in [3.8, 4) is 0 Å². The van der Waals surface area contributed by atoms with E-state index in [1.54, 1.807) is 4.90 Å². The summed E-state index contributed by atoms with van der Waals surface area (Å²) in [7, 11) is 0. The number of likely N-dealkylation sites (N-methyl/N-ethyl adjacent to an activating group) is 1. The fraction of sp³-hybridized carbons (Fsp3) is 0.556. The van der Waals surface area contributed by atoms with Gasteiger partial charge in [0.05, 0.1) is 6.10 Å². The Hall–Kier alpha value is -2.08. The van der Waals surface area contributed by atoms with Gasteiger partial charge in [-0.3, -0.25) is 9.69 Å². The molecule has 0 saturated carbocycles. The summed E-state index contributed by atoms with van der Waals surface area (Å²) < 4.78 is 5.32. The topological polar surface area (TPSA) is 70.1 Å². The van der Waals surface area contributed by atoms with Crippen molar-refractivity contribution in [2.24, 2.45) is 0 Å². The Kier molecular flexibility index (Phi) is 6.61. The summed E-state index contributed by atoms with van der Waals surface area (Å²) in [5.41, 5.74) is 0.884. The summed E-state index contributed by atoms with van der Waals surface area (Å²) in [6.45, 7) is 5.54. The quantitative estimate of drug-likeness (QED) is 0.864. The molecule has 1 aromatic carbocycles. The molecule has 1 saturated heterocycles. The molecule has 0 bridgehead atoms. The number of carbonyl (C=O) groups is 2. The summed E-state index contributed by atoms with van der Waals surface area (Å²) >= 11 is 0. The molecule has 1 heterocycles. The molecule has 1 aromatic rings. The molecule has 2 amide bonds. The Labute approximate surface area is 143 Å². The van der Waals surface area contributed by atoms with Gasteiger partial charge in [-0.05, 0) is 25.3 Å². The van der Waals surface area contributed by atoms with Gasteiger partial charge >= 0.3 is 6.09 Å². The summed E-state index contributed by atoms with van der Waals surface area (Å²) in [6, 6.07) is 8.53. The number of benzene rings is 1. The summed E-state index contributed by atoms with van der Waals surface area (Å²) in [5.74, 6) is -0.207. The maximum Gasteiger partial charge on any atom is 0.410 e. The minimum Gasteiger partial charge on any atom is -0.445 e. The molecule has 0 aliphatic carbocycles. The first-order valence-electron chi connectivity index (χ1n) is 8.52. The molecule has 24 heavy (non-hydrogen) atoms. The standard InChI is InChI=1S/C18H26N2O4/c1-3-11-19(4-2)17(22)16-15(21)10-12-20(16)18(23)24-13-14-8-6-5-7-9-14/h5-9,15-16,21H,3-4,10-13H2,1-2H3/t15?,16-/m0/s1. The van der Waals surface area contributed by atoms with Crippen LogP contribution >= 0.6 is 0 Å². The van der Waals surface area contributed by atoms with Crippen LogP contribution in [0.25, 0.3) is 0 Å². The van der Waals surface area contributed by atoms with Gasteiger partial charge in [-0.2, -0.15) is 0 Å². The second kappa shape index (κ2) is 8.68. The van der Waals surface area contributed by atoms with E-state index in [4.69, 9.17) is 4.74 Å². The van der Waals surface area contributed by atoms with Crippen molar-refractivity contribution in [3.63, 3.8) is 0 Å².